The molecule has 2 fully saturated rings. The van der Waals surface area contributed by atoms with E-state index in [1.807, 2.05) is 71.5 Å². The molecule has 2 aliphatic rings. The second-order valence-corrected chi connectivity index (χ2v) is 10.4. The van der Waals surface area contributed by atoms with Crippen molar-refractivity contribution in [2.24, 2.45) is 0 Å². The molecule has 0 N–H and O–H groups in total. The SMILES string of the molecule is CCN(CC)C(=O)C1CN(C2CCN(C(=O)c3cc(-c4cccs4)nc4ccccc34)CC2)CCO1. The van der Waals surface area contributed by atoms with Gasteiger partial charge >= 0.3 is 0 Å². The van der Waals surface area contributed by atoms with Crippen molar-refractivity contribution in [1.29, 1.82) is 0 Å². The number of fused-ring (bicyclic) bond motifs is 1. The average molecular weight is 507 g/mol. The van der Waals surface area contributed by atoms with E-state index in [1.165, 1.54) is 0 Å². The average Bonchev–Trinajstić information content (AvgIpc) is 3.48. The smallest absolute Gasteiger partial charge is 0.254 e. The van der Waals surface area contributed by atoms with E-state index in [-0.39, 0.29) is 11.8 Å². The molecular weight excluding hydrogens is 472 g/mol. The number of aromatic nitrogens is 1. The Morgan fingerprint density at radius 1 is 1.08 bits per heavy atom. The van der Waals surface area contributed by atoms with Crippen molar-refractivity contribution in [3.05, 3.63) is 53.4 Å². The van der Waals surface area contributed by atoms with E-state index >= 15 is 0 Å². The molecule has 7 nitrogen and oxygen atoms in total. The molecule has 1 aromatic carbocycles. The first-order valence-corrected chi connectivity index (χ1v) is 13.8. The molecule has 0 radical (unpaired) electrons. The van der Waals surface area contributed by atoms with Crippen LogP contribution in [0.2, 0.25) is 0 Å². The Morgan fingerprint density at radius 3 is 2.58 bits per heavy atom. The number of carbonyl (C=O) groups excluding carboxylic acids is 2. The highest BCUT2D eigenvalue weighted by atomic mass is 32.1. The van der Waals surface area contributed by atoms with Crippen LogP contribution < -0.4 is 0 Å². The van der Waals surface area contributed by atoms with Gasteiger partial charge in [0, 0.05) is 50.7 Å². The van der Waals surface area contributed by atoms with Crippen molar-refractivity contribution >= 4 is 34.1 Å². The van der Waals surface area contributed by atoms with Gasteiger partial charge in [-0.25, -0.2) is 4.98 Å². The zero-order valence-electron chi connectivity index (χ0n) is 21.1. The van der Waals surface area contributed by atoms with Crippen molar-refractivity contribution in [2.45, 2.75) is 38.8 Å². The zero-order chi connectivity index (χ0) is 25.1. The number of nitrogens with zero attached hydrogens (tertiary/aromatic N) is 4. The van der Waals surface area contributed by atoms with Crippen molar-refractivity contribution in [2.75, 3.05) is 45.9 Å². The first-order valence-electron chi connectivity index (χ1n) is 13.0. The fraction of sp³-hybridized carbons (Fsp3) is 0.464. The minimum Gasteiger partial charge on any atom is -0.366 e. The maximum Gasteiger partial charge on any atom is 0.254 e. The quantitative estimate of drug-likeness (QED) is 0.503. The maximum atomic E-state index is 13.7. The lowest BCUT2D eigenvalue weighted by Crippen LogP contribution is -2.55. The number of ether oxygens (including phenoxy) is 1. The van der Waals surface area contributed by atoms with Gasteiger partial charge in [0.05, 0.1) is 28.3 Å². The van der Waals surface area contributed by atoms with Gasteiger partial charge in [0.2, 0.25) is 0 Å². The number of morpholine rings is 1. The van der Waals surface area contributed by atoms with Crippen LogP contribution in [-0.2, 0) is 9.53 Å². The number of hydrogen-bond donors (Lipinski definition) is 0. The summed E-state index contributed by atoms with van der Waals surface area (Å²) in [7, 11) is 0. The first-order chi connectivity index (χ1) is 17.6. The van der Waals surface area contributed by atoms with Crippen LogP contribution in [0.25, 0.3) is 21.5 Å². The molecule has 2 aromatic heterocycles. The molecule has 36 heavy (non-hydrogen) atoms. The predicted octanol–water partition coefficient (Wildman–Crippen LogP) is 4.14. The number of likely N-dealkylation sites (N-methyl/N-ethyl adjacent to an activating group) is 1. The number of thiophene rings is 1. The summed E-state index contributed by atoms with van der Waals surface area (Å²) in [6.45, 7) is 8.87. The van der Waals surface area contributed by atoms with Gasteiger partial charge in [0.1, 0.15) is 6.10 Å². The van der Waals surface area contributed by atoms with E-state index in [9.17, 15) is 9.59 Å². The number of likely N-dealkylation sites (tertiary alicyclic amines) is 1. The monoisotopic (exact) mass is 506 g/mol. The van der Waals surface area contributed by atoms with Crippen LogP contribution in [-0.4, -0.2) is 89.5 Å². The topological polar surface area (TPSA) is 66.0 Å². The number of rotatable bonds is 6. The minimum atomic E-state index is -0.392. The summed E-state index contributed by atoms with van der Waals surface area (Å²) >= 11 is 1.63. The second kappa shape index (κ2) is 11.1. The number of benzene rings is 1. The van der Waals surface area contributed by atoms with Gasteiger partial charge in [-0.1, -0.05) is 24.3 Å². The molecule has 5 rings (SSSR count). The number of amides is 2. The molecule has 0 spiro atoms. The number of carbonyl (C=O) groups is 2. The third kappa shape index (κ3) is 5.03. The number of hydrogen-bond acceptors (Lipinski definition) is 6. The van der Waals surface area contributed by atoms with Crippen molar-refractivity contribution in [1.82, 2.24) is 19.7 Å². The Labute approximate surface area is 216 Å². The van der Waals surface area contributed by atoms with Gasteiger partial charge in [-0.2, -0.15) is 0 Å². The van der Waals surface area contributed by atoms with Crippen LogP contribution >= 0.6 is 11.3 Å². The molecule has 1 atom stereocenters. The molecular formula is C28H34N4O3S. The van der Waals surface area contributed by atoms with Crippen LogP contribution in [0.5, 0.6) is 0 Å². The first kappa shape index (κ1) is 24.9. The fourth-order valence-electron chi connectivity index (χ4n) is 5.40. The van der Waals surface area contributed by atoms with E-state index in [4.69, 9.17) is 9.72 Å². The van der Waals surface area contributed by atoms with Gasteiger partial charge < -0.3 is 14.5 Å². The van der Waals surface area contributed by atoms with Gasteiger partial charge in [0.15, 0.2) is 0 Å². The molecule has 1 unspecified atom stereocenters. The number of piperidine rings is 1. The summed E-state index contributed by atoms with van der Waals surface area (Å²) in [6, 6.07) is 14.3. The zero-order valence-corrected chi connectivity index (χ0v) is 21.9. The Morgan fingerprint density at radius 2 is 1.86 bits per heavy atom. The molecule has 2 saturated heterocycles. The molecule has 2 aliphatic heterocycles. The molecule has 3 aromatic rings. The van der Waals surface area contributed by atoms with Gasteiger partial charge in [-0.05, 0) is 50.3 Å². The molecule has 0 bridgehead atoms. The summed E-state index contributed by atoms with van der Waals surface area (Å²) in [5.74, 6) is 0.157. The van der Waals surface area contributed by atoms with E-state index in [1.54, 1.807) is 11.3 Å². The summed E-state index contributed by atoms with van der Waals surface area (Å²) in [5.41, 5.74) is 2.41. The Balaban J connectivity index is 1.28. The van der Waals surface area contributed by atoms with E-state index in [0.29, 0.717) is 45.4 Å². The second-order valence-electron chi connectivity index (χ2n) is 9.44. The number of para-hydroxylation sites is 1. The van der Waals surface area contributed by atoms with Crippen molar-refractivity contribution in [3.63, 3.8) is 0 Å². The van der Waals surface area contributed by atoms with Crippen molar-refractivity contribution in [3.8, 4) is 10.6 Å². The lowest BCUT2D eigenvalue weighted by atomic mass is 9.99. The standard InChI is InChI=1S/C28H34N4O3S/c1-3-30(4-2)28(34)25-19-32(15-16-35-25)20-11-13-31(14-12-20)27(33)22-18-24(26-10-7-17-36-26)29-23-9-6-5-8-21(22)23/h5-10,17-18,20,25H,3-4,11-16,19H2,1-2H3. The maximum absolute atomic E-state index is 13.7. The van der Waals surface area contributed by atoms with Gasteiger partial charge in [0.25, 0.3) is 11.8 Å². The normalized spacial score (nSPS) is 19.5. The van der Waals surface area contributed by atoms with Gasteiger partial charge in [-0.15, -0.1) is 11.3 Å². The lowest BCUT2D eigenvalue weighted by Gasteiger charge is -2.42. The summed E-state index contributed by atoms with van der Waals surface area (Å²) in [4.78, 5) is 38.6. The molecule has 4 heterocycles. The van der Waals surface area contributed by atoms with Crippen LogP contribution in [0.3, 0.4) is 0 Å². The molecule has 0 aliphatic carbocycles. The highest BCUT2D eigenvalue weighted by molar-refractivity contribution is 7.13. The van der Waals surface area contributed by atoms with Crippen LogP contribution in [0, 0.1) is 0 Å². The highest BCUT2D eigenvalue weighted by Gasteiger charge is 2.34. The molecule has 8 heteroatoms. The summed E-state index contributed by atoms with van der Waals surface area (Å²) in [5, 5.41) is 2.93. The Bertz CT molecular complexity index is 1200. The highest BCUT2D eigenvalue weighted by Crippen LogP contribution is 2.29. The minimum absolute atomic E-state index is 0.0708. The molecule has 0 saturated carbocycles. The fourth-order valence-corrected chi connectivity index (χ4v) is 6.08. The largest absolute Gasteiger partial charge is 0.366 e. The van der Waals surface area contributed by atoms with E-state index < -0.39 is 6.10 Å². The van der Waals surface area contributed by atoms with Crippen LogP contribution in [0.1, 0.15) is 37.0 Å². The Kier molecular flexibility index (Phi) is 7.65. The van der Waals surface area contributed by atoms with E-state index in [2.05, 4.69) is 4.90 Å². The van der Waals surface area contributed by atoms with Gasteiger partial charge in [-0.3, -0.25) is 14.5 Å². The predicted molar refractivity (Wildman–Crippen MR) is 143 cm³/mol. The van der Waals surface area contributed by atoms with E-state index in [0.717, 1.165) is 46.4 Å². The molecule has 2 amide bonds. The number of pyridine rings is 1. The summed E-state index contributed by atoms with van der Waals surface area (Å²) in [6.07, 6.45) is 1.41. The van der Waals surface area contributed by atoms with Crippen LogP contribution in [0.4, 0.5) is 0 Å². The Hall–Kier alpha value is -2.81. The van der Waals surface area contributed by atoms with Crippen LogP contribution in [0.15, 0.2) is 47.8 Å². The third-order valence-corrected chi connectivity index (χ3v) is 8.33. The summed E-state index contributed by atoms with van der Waals surface area (Å²) < 4.78 is 5.84. The molecule has 190 valence electrons. The lowest BCUT2D eigenvalue weighted by molar-refractivity contribution is -0.150. The van der Waals surface area contributed by atoms with Crippen molar-refractivity contribution < 1.29 is 14.3 Å². The third-order valence-electron chi connectivity index (χ3n) is 7.44.